The molecule has 2 aromatic carbocycles. The van der Waals surface area contributed by atoms with Crippen LogP contribution >= 0.6 is 0 Å². The second-order valence-corrected chi connectivity index (χ2v) is 9.21. The molecule has 6 heteroatoms. The van der Waals surface area contributed by atoms with Crippen LogP contribution in [0.25, 0.3) is 21.9 Å². The van der Waals surface area contributed by atoms with Gasteiger partial charge in [0.25, 0.3) is 11.5 Å². The average Bonchev–Trinajstić information content (AvgIpc) is 3.06. The molecule has 2 atom stereocenters. The number of likely N-dealkylation sites (N-methyl/N-ethyl adjacent to an activating group) is 1. The first kappa shape index (κ1) is 23.1. The summed E-state index contributed by atoms with van der Waals surface area (Å²) in [6.07, 6.45) is 4.37. The van der Waals surface area contributed by atoms with Gasteiger partial charge in [-0.3, -0.25) is 9.59 Å². The first-order valence-electron chi connectivity index (χ1n) is 11.7. The molecular formula is C27H33N3O3. The van der Waals surface area contributed by atoms with E-state index in [1.165, 1.54) is 0 Å². The van der Waals surface area contributed by atoms with Crippen molar-refractivity contribution in [3.63, 3.8) is 0 Å². The zero-order chi connectivity index (χ0) is 23.5. The van der Waals surface area contributed by atoms with Crippen LogP contribution in [-0.2, 0) is 4.79 Å². The number of nitrogens with zero attached hydrogens (tertiary/aromatic N) is 2. The van der Waals surface area contributed by atoms with Gasteiger partial charge in [0.2, 0.25) is 0 Å². The molecular weight excluding hydrogens is 414 g/mol. The predicted molar refractivity (Wildman–Crippen MR) is 133 cm³/mol. The molecule has 1 saturated heterocycles. The number of aryl methyl sites for hydroxylation is 1. The van der Waals surface area contributed by atoms with Gasteiger partial charge in [0.15, 0.2) is 6.10 Å². The van der Waals surface area contributed by atoms with E-state index in [9.17, 15) is 9.59 Å². The maximum atomic E-state index is 13.1. The number of nitrogens with one attached hydrogen (secondary N) is 1. The van der Waals surface area contributed by atoms with Gasteiger partial charge in [0.1, 0.15) is 5.75 Å². The number of aromatic amines is 1. The average molecular weight is 448 g/mol. The highest BCUT2D eigenvalue weighted by Crippen LogP contribution is 2.30. The normalized spacial score (nSPS) is 17.7. The summed E-state index contributed by atoms with van der Waals surface area (Å²) in [6.45, 7) is 5.32. The van der Waals surface area contributed by atoms with Crippen LogP contribution in [0.15, 0.2) is 53.5 Å². The van der Waals surface area contributed by atoms with Gasteiger partial charge in [-0.1, -0.05) is 30.7 Å². The number of hydrogen-bond acceptors (Lipinski definition) is 4. The summed E-state index contributed by atoms with van der Waals surface area (Å²) >= 11 is 0. The third-order valence-electron chi connectivity index (χ3n) is 6.66. The lowest BCUT2D eigenvalue weighted by molar-refractivity contribution is -0.138. The SMILES string of the molecule is Cc1ccccc1-c1c[nH]c(=O)c2cc(O[C@H](C)C(=O)N3CCCC[C@@H](N(C)C)C3)ccc12. The van der Waals surface area contributed by atoms with Crippen LogP contribution in [0.5, 0.6) is 5.75 Å². The molecule has 1 aliphatic rings. The number of ether oxygens (including phenoxy) is 1. The van der Waals surface area contributed by atoms with Crippen molar-refractivity contribution in [3.8, 4) is 16.9 Å². The monoisotopic (exact) mass is 447 g/mol. The summed E-state index contributed by atoms with van der Waals surface area (Å²) in [6, 6.07) is 14.0. The van der Waals surface area contributed by atoms with Crippen molar-refractivity contribution >= 4 is 16.7 Å². The number of pyridine rings is 1. The first-order valence-corrected chi connectivity index (χ1v) is 11.7. The van der Waals surface area contributed by atoms with Gasteiger partial charge in [-0.25, -0.2) is 0 Å². The highest BCUT2D eigenvalue weighted by Gasteiger charge is 2.27. The molecule has 0 spiro atoms. The van der Waals surface area contributed by atoms with Crippen molar-refractivity contribution < 1.29 is 9.53 Å². The van der Waals surface area contributed by atoms with E-state index in [1.54, 1.807) is 19.2 Å². The Morgan fingerprint density at radius 3 is 2.67 bits per heavy atom. The molecule has 1 aromatic heterocycles. The largest absolute Gasteiger partial charge is 0.481 e. The Balaban J connectivity index is 1.58. The molecule has 1 N–H and O–H groups in total. The molecule has 3 aromatic rings. The van der Waals surface area contributed by atoms with Crippen LogP contribution in [0, 0.1) is 6.92 Å². The molecule has 6 nitrogen and oxygen atoms in total. The molecule has 174 valence electrons. The smallest absolute Gasteiger partial charge is 0.263 e. The summed E-state index contributed by atoms with van der Waals surface area (Å²) in [5, 5.41) is 1.41. The molecule has 1 aliphatic heterocycles. The molecule has 0 bridgehead atoms. The van der Waals surface area contributed by atoms with Gasteiger partial charge >= 0.3 is 0 Å². The Morgan fingerprint density at radius 1 is 1.12 bits per heavy atom. The lowest BCUT2D eigenvalue weighted by Gasteiger charge is -2.30. The molecule has 2 heterocycles. The Morgan fingerprint density at radius 2 is 1.91 bits per heavy atom. The lowest BCUT2D eigenvalue weighted by Crippen LogP contribution is -2.46. The fraction of sp³-hybridized carbons (Fsp3) is 0.407. The second-order valence-electron chi connectivity index (χ2n) is 9.21. The highest BCUT2D eigenvalue weighted by atomic mass is 16.5. The summed E-state index contributed by atoms with van der Waals surface area (Å²) < 4.78 is 6.04. The number of carbonyl (C=O) groups is 1. The van der Waals surface area contributed by atoms with Crippen molar-refractivity contribution in [2.75, 3.05) is 27.2 Å². The van der Waals surface area contributed by atoms with E-state index in [1.807, 2.05) is 29.2 Å². The fourth-order valence-electron chi connectivity index (χ4n) is 4.66. The van der Waals surface area contributed by atoms with E-state index >= 15 is 0 Å². The number of amides is 1. The molecule has 1 amide bonds. The number of H-pyrrole nitrogens is 1. The van der Waals surface area contributed by atoms with Crippen LogP contribution in [0.3, 0.4) is 0 Å². The first-order chi connectivity index (χ1) is 15.8. The van der Waals surface area contributed by atoms with Crippen molar-refractivity contribution in [1.29, 1.82) is 0 Å². The summed E-state index contributed by atoms with van der Waals surface area (Å²) in [5.74, 6) is 0.515. The summed E-state index contributed by atoms with van der Waals surface area (Å²) in [5.41, 5.74) is 3.01. The molecule has 4 rings (SSSR count). The third-order valence-corrected chi connectivity index (χ3v) is 6.66. The third kappa shape index (κ3) is 4.96. The van der Waals surface area contributed by atoms with Gasteiger partial charge in [-0.2, -0.15) is 0 Å². The minimum Gasteiger partial charge on any atom is -0.481 e. The number of rotatable bonds is 5. The molecule has 0 radical (unpaired) electrons. The van der Waals surface area contributed by atoms with E-state index in [0.29, 0.717) is 17.2 Å². The van der Waals surface area contributed by atoms with Crippen LogP contribution in [0.1, 0.15) is 31.7 Å². The minimum absolute atomic E-state index is 0.00795. The van der Waals surface area contributed by atoms with Crippen LogP contribution in [0.4, 0.5) is 0 Å². The van der Waals surface area contributed by atoms with Crippen molar-refractivity contribution in [2.45, 2.75) is 45.3 Å². The molecule has 1 fully saturated rings. The maximum absolute atomic E-state index is 13.1. The number of benzene rings is 2. The van der Waals surface area contributed by atoms with Gasteiger partial charge in [0, 0.05) is 30.9 Å². The van der Waals surface area contributed by atoms with Crippen LogP contribution in [-0.4, -0.2) is 60.0 Å². The molecule has 0 unspecified atom stereocenters. The highest BCUT2D eigenvalue weighted by molar-refractivity contribution is 5.97. The topological polar surface area (TPSA) is 65.6 Å². The van der Waals surface area contributed by atoms with E-state index in [0.717, 1.165) is 54.4 Å². The van der Waals surface area contributed by atoms with Gasteiger partial charge in [-0.15, -0.1) is 0 Å². The Hall–Kier alpha value is -3.12. The number of carbonyl (C=O) groups excluding carboxylic acids is 1. The molecule has 0 saturated carbocycles. The Bertz CT molecular complexity index is 1200. The Labute approximate surface area is 195 Å². The quantitative estimate of drug-likeness (QED) is 0.636. The zero-order valence-corrected chi connectivity index (χ0v) is 19.9. The predicted octanol–water partition coefficient (Wildman–Crippen LogP) is 4.21. The summed E-state index contributed by atoms with van der Waals surface area (Å²) in [7, 11) is 4.13. The number of hydrogen-bond donors (Lipinski definition) is 1. The van der Waals surface area contributed by atoms with Gasteiger partial charge in [0.05, 0.1) is 5.39 Å². The number of aromatic nitrogens is 1. The van der Waals surface area contributed by atoms with Gasteiger partial charge < -0.3 is 19.5 Å². The van der Waals surface area contributed by atoms with E-state index in [-0.39, 0.29) is 11.5 Å². The Kier molecular flexibility index (Phi) is 6.84. The lowest BCUT2D eigenvalue weighted by atomic mass is 9.97. The van der Waals surface area contributed by atoms with Crippen LogP contribution < -0.4 is 10.3 Å². The molecule has 0 aliphatic carbocycles. The number of likely N-dealkylation sites (tertiary alicyclic amines) is 1. The van der Waals surface area contributed by atoms with Crippen LogP contribution in [0.2, 0.25) is 0 Å². The molecule has 33 heavy (non-hydrogen) atoms. The van der Waals surface area contributed by atoms with Gasteiger partial charge in [-0.05, 0) is 75.5 Å². The standard InChI is InChI=1S/C27H33N3O3/c1-18-9-5-6-11-22(18)25-16-28-26(31)24-15-21(12-13-23(24)25)33-19(2)27(32)30-14-8-7-10-20(17-30)29(3)4/h5-6,9,11-13,15-16,19-20H,7-8,10,14,17H2,1-4H3,(H,28,31)/t19-,20-/m1/s1. The fourth-order valence-corrected chi connectivity index (χ4v) is 4.66. The minimum atomic E-state index is -0.623. The second kappa shape index (κ2) is 9.79. The zero-order valence-electron chi connectivity index (χ0n) is 19.9. The van der Waals surface area contributed by atoms with Crippen molar-refractivity contribution in [2.24, 2.45) is 0 Å². The van der Waals surface area contributed by atoms with Crippen molar-refractivity contribution in [3.05, 3.63) is 64.6 Å². The van der Waals surface area contributed by atoms with E-state index in [2.05, 4.69) is 43.0 Å². The number of fused-ring (bicyclic) bond motifs is 1. The maximum Gasteiger partial charge on any atom is 0.263 e. The van der Waals surface area contributed by atoms with Crippen molar-refractivity contribution in [1.82, 2.24) is 14.8 Å². The van der Waals surface area contributed by atoms with E-state index < -0.39 is 6.10 Å². The summed E-state index contributed by atoms with van der Waals surface area (Å²) in [4.78, 5) is 32.7. The van der Waals surface area contributed by atoms with E-state index in [4.69, 9.17) is 4.74 Å².